The second-order valence-electron chi connectivity index (χ2n) is 4.93. The molecule has 24 heavy (non-hydrogen) atoms. The highest BCUT2D eigenvalue weighted by Gasteiger charge is 2.21. The van der Waals surface area contributed by atoms with Gasteiger partial charge in [0, 0.05) is 5.92 Å². The number of ether oxygens (including phenoxy) is 2. The Kier molecular flexibility index (Phi) is 6.12. The van der Waals surface area contributed by atoms with Crippen molar-refractivity contribution in [3.63, 3.8) is 0 Å². The standard InChI is InChI=1S/C18H16Cl2O4/c1-23-13-7-3-11(4-8-13)15(16(19)17(20)18(21)22)12-5-9-14(24-2)10-6-12/h3-10,15H,1-2H3,(H,21,22)/p-1/b17-16+. The molecule has 2 aromatic carbocycles. The van der Waals surface area contributed by atoms with E-state index in [2.05, 4.69) is 0 Å². The molecule has 0 spiro atoms. The van der Waals surface area contributed by atoms with Gasteiger partial charge in [-0.05, 0) is 35.4 Å². The third-order valence-electron chi connectivity index (χ3n) is 3.54. The zero-order valence-corrected chi connectivity index (χ0v) is 14.6. The highest BCUT2D eigenvalue weighted by Crippen LogP contribution is 2.38. The molecule has 0 saturated heterocycles. The molecule has 0 saturated carbocycles. The first-order valence-corrected chi connectivity index (χ1v) is 7.78. The average molecular weight is 366 g/mol. The number of allylic oxidation sites excluding steroid dienone is 1. The van der Waals surface area contributed by atoms with Crippen LogP contribution in [0.15, 0.2) is 58.6 Å². The molecule has 6 heteroatoms. The van der Waals surface area contributed by atoms with E-state index in [-0.39, 0.29) is 5.03 Å². The van der Waals surface area contributed by atoms with Crippen molar-refractivity contribution in [2.24, 2.45) is 0 Å². The predicted molar refractivity (Wildman–Crippen MR) is 91.6 cm³/mol. The minimum atomic E-state index is -1.52. The molecule has 0 aliphatic carbocycles. The van der Waals surface area contributed by atoms with Crippen molar-refractivity contribution in [3.8, 4) is 11.5 Å². The fraction of sp³-hybridized carbons (Fsp3) is 0.167. The van der Waals surface area contributed by atoms with Gasteiger partial charge in [-0.25, -0.2) is 0 Å². The van der Waals surface area contributed by atoms with E-state index >= 15 is 0 Å². The minimum absolute atomic E-state index is 0.0213. The Labute approximate surface area is 150 Å². The van der Waals surface area contributed by atoms with Gasteiger partial charge in [-0.15, -0.1) is 0 Å². The lowest BCUT2D eigenvalue weighted by molar-refractivity contribution is -0.298. The molecule has 0 amide bonds. The van der Waals surface area contributed by atoms with E-state index in [9.17, 15) is 9.90 Å². The van der Waals surface area contributed by atoms with Crippen LogP contribution in [-0.2, 0) is 4.79 Å². The van der Waals surface area contributed by atoms with Gasteiger partial charge in [0.05, 0.1) is 30.3 Å². The SMILES string of the molecule is COc1ccc(C(/C(Cl)=C(\Cl)C(=O)[O-])c2ccc(OC)cc2)cc1. The van der Waals surface area contributed by atoms with E-state index in [1.807, 2.05) is 0 Å². The van der Waals surface area contributed by atoms with Crippen molar-refractivity contribution in [2.45, 2.75) is 5.92 Å². The first kappa shape index (κ1) is 18.2. The largest absolute Gasteiger partial charge is 0.544 e. The maximum Gasteiger partial charge on any atom is 0.118 e. The van der Waals surface area contributed by atoms with Crippen LogP contribution >= 0.6 is 23.2 Å². The van der Waals surface area contributed by atoms with Gasteiger partial charge in [0.25, 0.3) is 0 Å². The summed E-state index contributed by atoms with van der Waals surface area (Å²) in [5.41, 5.74) is 1.54. The van der Waals surface area contributed by atoms with Crippen LogP contribution in [-0.4, -0.2) is 20.2 Å². The third kappa shape index (κ3) is 4.02. The van der Waals surface area contributed by atoms with E-state index in [0.717, 1.165) is 11.1 Å². The summed E-state index contributed by atoms with van der Waals surface area (Å²) in [6.07, 6.45) is 0. The number of carboxylic acid groups (broad SMARTS) is 1. The van der Waals surface area contributed by atoms with Crippen molar-refractivity contribution in [2.75, 3.05) is 14.2 Å². The van der Waals surface area contributed by atoms with Gasteiger partial charge in [0.15, 0.2) is 0 Å². The van der Waals surface area contributed by atoms with Crippen LogP contribution in [0.5, 0.6) is 11.5 Å². The lowest BCUT2D eigenvalue weighted by Crippen LogP contribution is -2.23. The van der Waals surface area contributed by atoms with Crippen LogP contribution in [0, 0.1) is 0 Å². The predicted octanol–water partition coefficient (Wildman–Crippen LogP) is 3.27. The Hall–Kier alpha value is -2.17. The third-order valence-corrected chi connectivity index (χ3v) is 4.40. The summed E-state index contributed by atoms with van der Waals surface area (Å²) in [5.74, 6) is -0.709. The van der Waals surface area contributed by atoms with Gasteiger partial charge in [-0.3, -0.25) is 0 Å². The molecule has 2 aromatic rings. The lowest BCUT2D eigenvalue weighted by Gasteiger charge is -2.20. The van der Waals surface area contributed by atoms with Gasteiger partial charge >= 0.3 is 0 Å². The van der Waals surface area contributed by atoms with Gasteiger partial charge in [-0.2, -0.15) is 0 Å². The number of carbonyl (C=O) groups is 1. The normalized spacial score (nSPS) is 11.9. The fourth-order valence-electron chi connectivity index (χ4n) is 2.30. The van der Waals surface area contributed by atoms with Gasteiger partial charge in [0.1, 0.15) is 11.5 Å². The Morgan fingerprint density at radius 2 is 1.25 bits per heavy atom. The van der Waals surface area contributed by atoms with E-state index in [1.165, 1.54) is 0 Å². The number of carboxylic acids is 1. The number of carbonyl (C=O) groups excluding carboxylic acids is 1. The van der Waals surface area contributed by atoms with Crippen LogP contribution in [0.25, 0.3) is 0 Å². The van der Waals surface area contributed by atoms with Gasteiger partial charge < -0.3 is 19.4 Å². The summed E-state index contributed by atoms with van der Waals surface area (Å²) in [6, 6.07) is 14.3. The van der Waals surface area contributed by atoms with Gasteiger partial charge in [-0.1, -0.05) is 47.5 Å². The molecule has 0 aliphatic rings. The molecule has 0 aliphatic heterocycles. The minimum Gasteiger partial charge on any atom is -0.544 e. The van der Waals surface area contributed by atoms with Crippen molar-refractivity contribution < 1.29 is 19.4 Å². The number of hydrogen-bond donors (Lipinski definition) is 0. The summed E-state index contributed by atoms with van der Waals surface area (Å²) in [7, 11) is 3.13. The first-order valence-electron chi connectivity index (χ1n) is 7.02. The second-order valence-corrected chi connectivity index (χ2v) is 5.71. The molecule has 0 N–H and O–H groups in total. The molecule has 0 aromatic heterocycles. The van der Waals surface area contributed by atoms with Crippen molar-refractivity contribution in [3.05, 3.63) is 69.7 Å². The zero-order chi connectivity index (χ0) is 17.7. The quantitative estimate of drug-likeness (QED) is 0.737. The summed E-state index contributed by atoms with van der Waals surface area (Å²) in [6.45, 7) is 0. The van der Waals surface area contributed by atoms with E-state index in [0.29, 0.717) is 11.5 Å². The number of benzene rings is 2. The van der Waals surface area contributed by atoms with Crippen LogP contribution in [0.1, 0.15) is 17.0 Å². The lowest BCUT2D eigenvalue weighted by atomic mass is 9.90. The molecule has 0 atom stereocenters. The summed E-state index contributed by atoms with van der Waals surface area (Å²) in [5, 5.41) is 10.5. The van der Waals surface area contributed by atoms with Gasteiger partial charge in [0.2, 0.25) is 0 Å². The smallest absolute Gasteiger partial charge is 0.118 e. The molecular formula is C18H15Cl2O4-. The Balaban J connectivity index is 2.55. The molecule has 126 valence electrons. The molecule has 2 rings (SSSR count). The van der Waals surface area contributed by atoms with Crippen molar-refractivity contribution in [1.29, 1.82) is 0 Å². The average Bonchev–Trinajstić information content (AvgIpc) is 2.62. The molecule has 4 nitrogen and oxygen atoms in total. The van der Waals surface area contributed by atoms with Crippen LogP contribution in [0.3, 0.4) is 0 Å². The highest BCUT2D eigenvalue weighted by molar-refractivity contribution is 6.47. The fourth-order valence-corrected chi connectivity index (χ4v) is 2.74. The number of hydrogen-bond acceptors (Lipinski definition) is 4. The van der Waals surface area contributed by atoms with E-state index < -0.39 is 16.9 Å². The summed E-state index contributed by atoms with van der Waals surface area (Å²) < 4.78 is 10.3. The molecule has 0 radical (unpaired) electrons. The topological polar surface area (TPSA) is 58.6 Å². The van der Waals surface area contributed by atoms with E-state index in [1.54, 1.807) is 62.8 Å². The number of rotatable bonds is 6. The summed E-state index contributed by atoms with van der Waals surface area (Å²) in [4.78, 5) is 11.1. The molecule has 0 unspecified atom stereocenters. The maximum absolute atomic E-state index is 11.1. The van der Waals surface area contributed by atoms with Crippen LogP contribution in [0.4, 0.5) is 0 Å². The van der Waals surface area contributed by atoms with Crippen LogP contribution < -0.4 is 14.6 Å². The Morgan fingerprint density at radius 1 is 0.875 bits per heavy atom. The Morgan fingerprint density at radius 3 is 1.54 bits per heavy atom. The van der Waals surface area contributed by atoms with E-state index in [4.69, 9.17) is 32.7 Å². The number of methoxy groups -OCH3 is 2. The first-order chi connectivity index (χ1) is 11.5. The van der Waals surface area contributed by atoms with Crippen molar-refractivity contribution >= 4 is 29.2 Å². The monoisotopic (exact) mass is 365 g/mol. The second kappa shape index (κ2) is 8.08. The Bertz CT molecular complexity index is 689. The number of halogens is 2. The molecule has 0 fully saturated rings. The maximum atomic E-state index is 11.1. The van der Waals surface area contributed by atoms with Crippen molar-refractivity contribution in [1.82, 2.24) is 0 Å². The highest BCUT2D eigenvalue weighted by atomic mass is 35.5. The summed E-state index contributed by atoms with van der Waals surface area (Å²) >= 11 is 12.1. The molecular weight excluding hydrogens is 351 g/mol. The molecule has 0 heterocycles. The molecule has 0 bridgehead atoms. The number of aliphatic carboxylic acids is 1. The van der Waals surface area contributed by atoms with Crippen LogP contribution in [0.2, 0.25) is 0 Å². The zero-order valence-electron chi connectivity index (χ0n) is 13.1.